The van der Waals surface area contributed by atoms with Gasteiger partial charge in [-0.05, 0) is 42.9 Å². The van der Waals surface area contributed by atoms with Crippen LogP contribution in [-0.2, 0) is 19.3 Å². The van der Waals surface area contributed by atoms with Gasteiger partial charge in [0, 0.05) is 31.7 Å². The van der Waals surface area contributed by atoms with Crippen LogP contribution >= 0.6 is 0 Å². The molecular weight excluding hydrogens is 312 g/mol. The van der Waals surface area contributed by atoms with E-state index >= 15 is 0 Å². The van der Waals surface area contributed by atoms with Gasteiger partial charge in [-0.3, -0.25) is 0 Å². The van der Waals surface area contributed by atoms with E-state index in [0.717, 1.165) is 43.7 Å². The first-order valence-corrected chi connectivity index (χ1v) is 9.09. The predicted octanol–water partition coefficient (Wildman–Crippen LogP) is 2.91. The van der Waals surface area contributed by atoms with Crippen molar-refractivity contribution < 1.29 is 4.79 Å². The molecule has 132 valence electrons. The molecule has 5 nitrogen and oxygen atoms in total. The maximum absolute atomic E-state index is 11.8. The molecule has 0 unspecified atom stereocenters. The number of pyridine rings is 1. The smallest absolute Gasteiger partial charge is 0.314 e. The molecule has 5 heteroatoms. The van der Waals surface area contributed by atoms with Gasteiger partial charge in [0.15, 0.2) is 0 Å². The van der Waals surface area contributed by atoms with Gasteiger partial charge in [0.05, 0.1) is 0 Å². The lowest BCUT2D eigenvalue weighted by Crippen LogP contribution is -2.37. The fraction of sp³-hybridized carbons (Fsp3) is 0.400. The number of amides is 2. The normalized spacial score (nSPS) is 12.8. The molecule has 1 aromatic carbocycles. The molecule has 2 amide bonds. The Morgan fingerprint density at radius 3 is 2.76 bits per heavy atom. The van der Waals surface area contributed by atoms with E-state index < -0.39 is 0 Å². The van der Waals surface area contributed by atoms with Gasteiger partial charge in [-0.2, -0.15) is 0 Å². The zero-order chi connectivity index (χ0) is 17.3. The number of fused-ring (bicyclic) bond motifs is 1. The Bertz CT molecular complexity index is 687. The van der Waals surface area contributed by atoms with Gasteiger partial charge in [-0.1, -0.05) is 36.4 Å². The Labute approximate surface area is 149 Å². The minimum atomic E-state index is -0.107. The number of anilines is 1. The minimum Gasteiger partial charge on any atom is -0.370 e. The lowest BCUT2D eigenvalue weighted by molar-refractivity contribution is 0.241. The van der Waals surface area contributed by atoms with Crippen LogP contribution in [-0.4, -0.2) is 30.6 Å². The summed E-state index contributed by atoms with van der Waals surface area (Å²) in [7, 11) is 0. The molecule has 0 saturated carbocycles. The largest absolute Gasteiger partial charge is 0.370 e. The molecule has 0 atom stereocenters. The summed E-state index contributed by atoms with van der Waals surface area (Å²) < 4.78 is 0. The van der Waals surface area contributed by atoms with Crippen molar-refractivity contribution in [3.8, 4) is 0 Å². The monoisotopic (exact) mass is 338 g/mol. The van der Waals surface area contributed by atoms with Crippen LogP contribution in [0.25, 0.3) is 0 Å². The minimum absolute atomic E-state index is 0.107. The number of aromatic nitrogens is 1. The van der Waals surface area contributed by atoms with Crippen molar-refractivity contribution in [1.82, 2.24) is 15.6 Å². The predicted molar refractivity (Wildman–Crippen MR) is 101 cm³/mol. The fourth-order valence-electron chi connectivity index (χ4n) is 3.01. The Morgan fingerprint density at radius 2 is 1.88 bits per heavy atom. The van der Waals surface area contributed by atoms with Crippen molar-refractivity contribution in [1.29, 1.82) is 0 Å². The van der Waals surface area contributed by atoms with Gasteiger partial charge in [0.25, 0.3) is 0 Å². The Hall–Kier alpha value is -2.56. The molecule has 2 heterocycles. The zero-order valence-electron chi connectivity index (χ0n) is 14.6. The second kappa shape index (κ2) is 9.06. The maximum Gasteiger partial charge on any atom is 0.314 e. The Balaban J connectivity index is 1.31. The number of nitrogens with one attached hydrogen (secondary N) is 3. The number of carbonyl (C=O) groups is 1. The highest BCUT2D eigenvalue weighted by molar-refractivity contribution is 5.73. The summed E-state index contributed by atoms with van der Waals surface area (Å²) in [5.74, 6) is 1.01. The molecule has 2 aromatic rings. The number of aryl methyl sites for hydroxylation is 2. The second-order valence-corrected chi connectivity index (χ2v) is 6.36. The lowest BCUT2D eigenvalue weighted by Gasteiger charge is -2.17. The Morgan fingerprint density at radius 1 is 1.04 bits per heavy atom. The average Bonchev–Trinajstić information content (AvgIpc) is 2.66. The summed E-state index contributed by atoms with van der Waals surface area (Å²) in [6.45, 7) is 2.27. The first kappa shape index (κ1) is 17.3. The molecule has 3 N–H and O–H groups in total. The van der Waals surface area contributed by atoms with E-state index in [2.05, 4.69) is 45.2 Å². The zero-order valence-corrected chi connectivity index (χ0v) is 14.6. The topological polar surface area (TPSA) is 66.0 Å². The molecule has 1 aliphatic rings. The molecule has 0 saturated heterocycles. The fourth-order valence-corrected chi connectivity index (χ4v) is 3.01. The van der Waals surface area contributed by atoms with Crippen LogP contribution in [0.1, 0.15) is 29.7 Å². The Kier molecular flexibility index (Phi) is 6.26. The highest BCUT2D eigenvalue weighted by atomic mass is 16.2. The highest BCUT2D eigenvalue weighted by Gasteiger charge is 2.10. The third kappa shape index (κ3) is 5.48. The first-order chi connectivity index (χ1) is 12.3. The van der Waals surface area contributed by atoms with Crippen molar-refractivity contribution >= 4 is 11.8 Å². The maximum atomic E-state index is 11.8. The van der Waals surface area contributed by atoms with Crippen LogP contribution in [0.3, 0.4) is 0 Å². The number of rotatable bonds is 7. The summed E-state index contributed by atoms with van der Waals surface area (Å²) in [6, 6.07) is 14.4. The SMILES string of the molecule is O=C(NCCCc1ccccc1)NCCc1ccc2c(n1)NCCC2. The summed E-state index contributed by atoms with van der Waals surface area (Å²) in [5, 5.41) is 9.14. The van der Waals surface area contributed by atoms with Crippen molar-refractivity contribution in [2.24, 2.45) is 0 Å². The van der Waals surface area contributed by atoms with E-state index in [-0.39, 0.29) is 6.03 Å². The highest BCUT2D eigenvalue weighted by Crippen LogP contribution is 2.19. The van der Waals surface area contributed by atoms with Crippen molar-refractivity contribution in [2.75, 3.05) is 25.0 Å². The van der Waals surface area contributed by atoms with Gasteiger partial charge < -0.3 is 16.0 Å². The first-order valence-electron chi connectivity index (χ1n) is 9.09. The second-order valence-electron chi connectivity index (χ2n) is 6.36. The molecule has 0 spiro atoms. The molecule has 3 rings (SSSR count). The molecule has 1 aliphatic heterocycles. The third-order valence-corrected chi connectivity index (χ3v) is 4.39. The number of benzene rings is 1. The number of carbonyl (C=O) groups excluding carboxylic acids is 1. The third-order valence-electron chi connectivity index (χ3n) is 4.39. The van der Waals surface area contributed by atoms with E-state index in [9.17, 15) is 4.79 Å². The summed E-state index contributed by atoms with van der Waals surface area (Å²) in [6.07, 6.45) is 4.92. The van der Waals surface area contributed by atoms with E-state index in [1.807, 2.05) is 18.2 Å². The number of hydrogen-bond donors (Lipinski definition) is 3. The van der Waals surface area contributed by atoms with Gasteiger partial charge in [-0.25, -0.2) is 9.78 Å². The van der Waals surface area contributed by atoms with Crippen LogP contribution in [0, 0.1) is 0 Å². The molecular formula is C20H26N4O. The number of hydrogen-bond acceptors (Lipinski definition) is 3. The number of nitrogens with zero attached hydrogens (tertiary/aromatic N) is 1. The molecule has 0 fully saturated rings. The van der Waals surface area contributed by atoms with Crippen molar-refractivity contribution in [3.05, 3.63) is 59.3 Å². The van der Waals surface area contributed by atoms with E-state index in [1.165, 1.54) is 17.5 Å². The lowest BCUT2D eigenvalue weighted by atomic mass is 10.1. The van der Waals surface area contributed by atoms with Crippen LogP contribution in [0.2, 0.25) is 0 Å². The van der Waals surface area contributed by atoms with Gasteiger partial charge in [0.2, 0.25) is 0 Å². The van der Waals surface area contributed by atoms with E-state index in [0.29, 0.717) is 13.1 Å². The van der Waals surface area contributed by atoms with E-state index in [1.54, 1.807) is 0 Å². The van der Waals surface area contributed by atoms with Gasteiger partial charge in [-0.15, -0.1) is 0 Å². The van der Waals surface area contributed by atoms with E-state index in [4.69, 9.17) is 0 Å². The van der Waals surface area contributed by atoms with Crippen molar-refractivity contribution in [2.45, 2.75) is 32.1 Å². The number of urea groups is 1. The van der Waals surface area contributed by atoms with Gasteiger partial charge in [0.1, 0.15) is 5.82 Å². The summed E-state index contributed by atoms with van der Waals surface area (Å²) >= 11 is 0. The summed E-state index contributed by atoms with van der Waals surface area (Å²) in [4.78, 5) is 16.5. The quantitative estimate of drug-likeness (QED) is 0.680. The molecule has 0 bridgehead atoms. The average molecular weight is 338 g/mol. The van der Waals surface area contributed by atoms with Crippen molar-refractivity contribution in [3.63, 3.8) is 0 Å². The molecule has 0 aliphatic carbocycles. The molecule has 25 heavy (non-hydrogen) atoms. The van der Waals surface area contributed by atoms with Gasteiger partial charge >= 0.3 is 6.03 Å². The summed E-state index contributed by atoms with van der Waals surface area (Å²) in [5.41, 5.74) is 3.61. The van der Waals surface area contributed by atoms with Crippen LogP contribution in [0.15, 0.2) is 42.5 Å². The van der Waals surface area contributed by atoms with Crippen LogP contribution < -0.4 is 16.0 Å². The standard InChI is InChI=1S/C20H26N4O/c25-20(22-14-4-8-16-6-2-1-3-7-16)23-15-12-18-11-10-17-9-5-13-21-19(17)24-18/h1-3,6-7,10-11H,4-5,8-9,12-15H2,(H,21,24)(H2,22,23,25). The van der Waals surface area contributed by atoms with Crippen LogP contribution in [0.4, 0.5) is 10.6 Å². The molecule has 1 aromatic heterocycles. The molecule has 0 radical (unpaired) electrons. The van der Waals surface area contributed by atoms with Crippen LogP contribution in [0.5, 0.6) is 0 Å².